The topological polar surface area (TPSA) is 36.0 Å². The van der Waals surface area contributed by atoms with E-state index >= 15 is 0 Å². The molecule has 80 valence electrons. The van der Waals surface area contributed by atoms with Crippen molar-refractivity contribution in [2.75, 3.05) is 0 Å². The monoisotopic (exact) mass is 203 g/mol. The summed E-state index contributed by atoms with van der Waals surface area (Å²) in [5.41, 5.74) is 2.55. The van der Waals surface area contributed by atoms with Crippen LogP contribution in [-0.4, -0.2) is 16.2 Å². The highest BCUT2D eigenvalue weighted by molar-refractivity contribution is 5.82. The Balaban J connectivity index is 2.08. The molecular weight excluding hydrogens is 186 g/mol. The normalized spacial score (nSPS) is 13.2. The quantitative estimate of drug-likeness (QED) is 0.787. The number of hydrogen-bond donors (Lipinski definition) is 2. The Morgan fingerprint density at radius 1 is 1.33 bits per heavy atom. The molecule has 0 fully saturated rings. The maximum Gasteiger partial charge on any atom is 0.0512 e. The van der Waals surface area contributed by atoms with E-state index in [9.17, 15) is 5.11 Å². The van der Waals surface area contributed by atoms with Crippen LogP contribution in [0.25, 0.3) is 10.9 Å². The Morgan fingerprint density at radius 2 is 2.13 bits per heavy atom. The summed E-state index contributed by atoms with van der Waals surface area (Å²) in [6.07, 6.45) is 4.84. The third-order valence-corrected chi connectivity index (χ3v) is 2.74. The largest absolute Gasteiger partial charge is 0.393 e. The number of para-hydroxylation sites is 1. The number of hydrogen-bond acceptors (Lipinski definition) is 1. The molecule has 0 aliphatic heterocycles. The summed E-state index contributed by atoms with van der Waals surface area (Å²) in [5.74, 6) is 0. The zero-order valence-electron chi connectivity index (χ0n) is 9.03. The van der Waals surface area contributed by atoms with E-state index < -0.39 is 0 Å². The number of benzene rings is 1. The molecule has 1 unspecified atom stereocenters. The van der Waals surface area contributed by atoms with E-state index in [1.54, 1.807) is 0 Å². The van der Waals surface area contributed by atoms with Crippen molar-refractivity contribution in [2.45, 2.75) is 32.3 Å². The van der Waals surface area contributed by atoms with Gasteiger partial charge in [-0.25, -0.2) is 0 Å². The van der Waals surface area contributed by atoms with E-state index in [2.05, 4.69) is 29.4 Å². The van der Waals surface area contributed by atoms with E-state index in [0.29, 0.717) is 0 Å². The smallest absolute Gasteiger partial charge is 0.0512 e. The number of rotatable bonds is 4. The van der Waals surface area contributed by atoms with E-state index in [0.717, 1.165) is 19.3 Å². The lowest BCUT2D eigenvalue weighted by Gasteiger charge is -2.02. The van der Waals surface area contributed by atoms with Crippen LogP contribution in [0.3, 0.4) is 0 Å². The van der Waals surface area contributed by atoms with Gasteiger partial charge < -0.3 is 10.1 Å². The highest BCUT2D eigenvalue weighted by Crippen LogP contribution is 2.19. The van der Waals surface area contributed by atoms with E-state index in [4.69, 9.17) is 0 Å². The van der Waals surface area contributed by atoms with Gasteiger partial charge in [-0.05, 0) is 37.8 Å². The molecule has 2 heteroatoms. The molecule has 0 bridgehead atoms. The van der Waals surface area contributed by atoms with Crippen LogP contribution in [0.1, 0.15) is 25.3 Å². The minimum atomic E-state index is -0.185. The van der Waals surface area contributed by atoms with Crippen molar-refractivity contribution in [1.82, 2.24) is 4.98 Å². The average Bonchev–Trinajstić information content (AvgIpc) is 2.62. The number of aliphatic hydroxyl groups excluding tert-OH is 1. The molecule has 0 radical (unpaired) electrons. The van der Waals surface area contributed by atoms with Crippen molar-refractivity contribution in [3.63, 3.8) is 0 Å². The molecule has 1 heterocycles. The van der Waals surface area contributed by atoms with Gasteiger partial charge in [0.15, 0.2) is 0 Å². The highest BCUT2D eigenvalue weighted by Gasteiger charge is 2.03. The molecule has 15 heavy (non-hydrogen) atoms. The first kappa shape index (κ1) is 10.2. The second-order valence-electron chi connectivity index (χ2n) is 4.10. The minimum absolute atomic E-state index is 0.185. The molecule has 0 aliphatic carbocycles. The van der Waals surface area contributed by atoms with Crippen LogP contribution >= 0.6 is 0 Å². The van der Waals surface area contributed by atoms with Gasteiger partial charge in [-0.2, -0.15) is 0 Å². The van der Waals surface area contributed by atoms with Crippen LogP contribution in [-0.2, 0) is 6.42 Å². The zero-order chi connectivity index (χ0) is 10.7. The molecule has 2 N–H and O–H groups in total. The summed E-state index contributed by atoms with van der Waals surface area (Å²) in [7, 11) is 0. The molecule has 2 nitrogen and oxygen atoms in total. The van der Waals surface area contributed by atoms with Crippen molar-refractivity contribution in [3.05, 3.63) is 36.0 Å². The highest BCUT2D eigenvalue weighted by atomic mass is 16.3. The minimum Gasteiger partial charge on any atom is -0.393 e. The van der Waals surface area contributed by atoms with Crippen LogP contribution in [0.5, 0.6) is 0 Å². The van der Waals surface area contributed by atoms with Crippen molar-refractivity contribution < 1.29 is 5.11 Å². The summed E-state index contributed by atoms with van der Waals surface area (Å²) < 4.78 is 0. The van der Waals surface area contributed by atoms with Crippen molar-refractivity contribution >= 4 is 10.9 Å². The zero-order valence-corrected chi connectivity index (χ0v) is 9.03. The Morgan fingerprint density at radius 3 is 2.93 bits per heavy atom. The fraction of sp³-hybridized carbons (Fsp3) is 0.385. The van der Waals surface area contributed by atoms with Gasteiger partial charge in [0.2, 0.25) is 0 Å². The Bertz CT molecular complexity index is 431. The first-order valence-electron chi connectivity index (χ1n) is 5.50. The number of aryl methyl sites for hydroxylation is 1. The molecule has 0 amide bonds. The summed E-state index contributed by atoms with van der Waals surface area (Å²) >= 11 is 0. The van der Waals surface area contributed by atoms with Gasteiger partial charge >= 0.3 is 0 Å². The number of aromatic amines is 1. The number of aromatic nitrogens is 1. The molecule has 1 aromatic carbocycles. The molecule has 0 spiro atoms. The van der Waals surface area contributed by atoms with Gasteiger partial charge in [-0.15, -0.1) is 0 Å². The second-order valence-corrected chi connectivity index (χ2v) is 4.10. The Hall–Kier alpha value is -1.28. The summed E-state index contributed by atoms with van der Waals surface area (Å²) in [6, 6.07) is 8.34. The van der Waals surface area contributed by atoms with Gasteiger partial charge in [-0.1, -0.05) is 18.2 Å². The average molecular weight is 203 g/mol. The first-order valence-corrected chi connectivity index (χ1v) is 5.50. The Kier molecular flexibility index (Phi) is 3.07. The van der Waals surface area contributed by atoms with Gasteiger partial charge in [0, 0.05) is 17.1 Å². The van der Waals surface area contributed by atoms with E-state index in [-0.39, 0.29) is 6.10 Å². The van der Waals surface area contributed by atoms with Gasteiger partial charge in [0.25, 0.3) is 0 Å². The summed E-state index contributed by atoms with van der Waals surface area (Å²) in [6.45, 7) is 1.84. The maximum absolute atomic E-state index is 9.19. The van der Waals surface area contributed by atoms with Crippen molar-refractivity contribution in [3.8, 4) is 0 Å². The SMILES string of the molecule is CC(O)CCCc1c[nH]c2ccccc12. The molecule has 2 aromatic rings. The van der Waals surface area contributed by atoms with Crippen LogP contribution < -0.4 is 0 Å². The van der Waals surface area contributed by atoms with Gasteiger partial charge in [0.1, 0.15) is 0 Å². The van der Waals surface area contributed by atoms with Crippen LogP contribution in [0.2, 0.25) is 0 Å². The molecule has 0 saturated heterocycles. The second kappa shape index (κ2) is 4.49. The number of aliphatic hydroxyl groups is 1. The lowest BCUT2D eigenvalue weighted by molar-refractivity contribution is 0.182. The Labute approximate surface area is 89.9 Å². The van der Waals surface area contributed by atoms with Gasteiger partial charge in [-0.3, -0.25) is 0 Å². The fourth-order valence-corrected chi connectivity index (χ4v) is 1.93. The molecule has 1 aromatic heterocycles. The fourth-order valence-electron chi connectivity index (χ4n) is 1.93. The lowest BCUT2D eigenvalue weighted by Crippen LogP contribution is -1.99. The van der Waals surface area contributed by atoms with Crippen LogP contribution in [0.4, 0.5) is 0 Å². The standard InChI is InChI=1S/C13H17NO/c1-10(15)5-4-6-11-9-14-13-8-3-2-7-12(11)13/h2-3,7-10,14-15H,4-6H2,1H3. The number of H-pyrrole nitrogens is 1. The number of fused-ring (bicyclic) bond motifs is 1. The van der Waals surface area contributed by atoms with Crippen molar-refractivity contribution in [2.24, 2.45) is 0 Å². The van der Waals surface area contributed by atoms with Crippen LogP contribution in [0.15, 0.2) is 30.5 Å². The van der Waals surface area contributed by atoms with Crippen molar-refractivity contribution in [1.29, 1.82) is 0 Å². The third kappa shape index (κ3) is 2.39. The summed E-state index contributed by atoms with van der Waals surface area (Å²) in [4.78, 5) is 3.26. The van der Waals surface area contributed by atoms with E-state index in [1.165, 1.54) is 16.5 Å². The maximum atomic E-state index is 9.19. The van der Waals surface area contributed by atoms with Gasteiger partial charge in [0.05, 0.1) is 6.10 Å². The number of nitrogens with one attached hydrogen (secondary N) is 1. The molecular formula is C13H17NO. The third-order valence-electron chi connectivity index (χ3n) is 2.74. The van der Waals surface area contributed by atoms with E-state index in [1.807, 2.05) is 13.0 Å². The molecule has 0 saturated carbocycles. The predicted molar refractivity (Wildman–Crippen MR) is 62.9 cm³/mol. The predicted octanol–water partition coefficient (Wildman–Crippen LogP) is 2.87. The van der Waals surface area contributed by atoms with Crippen LogP contribution in [0, 0.1) is 0 Å². The summed E-state index contributed by atoms with van der Waals surface area (Å²) in [5, 5.41) is 10.5. The lowest BCUT2D eigenvalue weighted by atomic mass is 10.1. The first-order chi connectivity index (χ1) is 7.27. The molecule has 0 aliphatic rings. The molecule has 1 atom stereocenters. The molecule has 2 rings (SSSR count).